The van der Waals surface area contributed by atoms with Crippen LogP contribution in [-0.4, -0.2) is 15.8 Å². The molecule has 0 unspecified atom stereocenters. The smallest absolute Gasteiger partial charge is 0.161 e. The van der Waals surface area contributed by atoms with Gasteiger partial charge in [0.15, 0.2) is 11.5 Å². The summed E-state index contributed by atoms with van der Waals surface area (Å²) in [6.07, 6.45) is 2.06. The first kappa shape index (κ1) is 12.8. The number of phenols is 2. The van der Waals surface area contributed by atoms with Gasteiger partial charge in [-0.25, -0.2) is 0 Å². The molecule has 1 rings (SSSR count). The molecule has 0 aromatic heterocycles. The first-order valence-corrected chi connectivity index (χ1v) is 5.77. The van der Waals surface area contributed by atoms with Crippen molar-refractivity contribution in [1.29, 1.82) is 0 Å². The Morgan fingerprint density at radius 3 is 2.38 bits per heavy atom. The number of hydrogen-bond acceptors (Lipinski definition) is 3. The molecule has 16 heavy (non-hydrogen) atoms. The zero-order valence-corrected chi connectivity index (χ0v) is 10.2. The summed E-state index contributed by atoms with van der Waals surface area (Å²) in [7, 11) is 0. The maximum atomic E-state index is 9.65. The fourth-order valence-electron chi connectivity index (χ4n) is 1.53. The van der Waals surface area contributed by atoms with Gasteiger partial charge in [0, 0.05) is 17.6 Å². The van der Waals surface area contributed by atoms with E-state index in [-0.39, 0.29) is 17.0 Å². The maximum Gasteiger partial charge on any atom is 0.161 e. The molecule has 0 fully saturated rings. The van der Waals surface area contributed by atoms with Crippen LogP contribution in [0.1, 0.15) is 39.2 Å². The van der Waals surface area contributed by atoms with E-state index in [1.165, 1.54) is 6.07 Å². The van der Waals surface area contributed by atoms with Crippen molar-refractivity contribution in [2.24, 2.45) is 0 Å². The molecule has 1 aromatic carbocycles. The van der Waals surface area contributed by atoms with Gasteiger partial charge < -0.3 is 15.5 Å². The van der Waals surface area contributed by atoms with E-state index in [4.69, 9.17) is 0 Å². The Balaban J connectivity index is 2.71. The van der Waals surface area contributed by atoms with Crippen LogP contribution in [0.15, 0.2) is 18.2 Å². The summed E-state index contributed by atoms with van der Waals surface area (Å²) in [5.41, 5.74) is 0.811. The summed E-state index contributed by atoms with van der Waals surface area (Å²) in [6.45, 7) is 7.00. The highest BCUT2D eigenvalue weighted by Gasteiger charge is 2.19. The van der Waals surface area contributed by atoms with Crippen molar-refractivity contribution < 1.29 is 10.2 Å². The average Bonchev–Trinajstić information content (AvgIpc) is 2.31. The van der Waals surface area contributed by atoms with Gasteiger partial charge in [-0.3, -0.25) is 0 Å². The lowest BCUT2D eigenvalue weighted by atomic mass is 9.95. The maximum absolute atomic E-state index is 9.65. The lowest BCUT2D eigenvalue weighted by Gasteiger charge is -2.28. The highest BCUT2D eigenvalue weighted by Crippen LogP contribution is 2.28. The zero-order valence-electron chi connectivity index (χ0n) is 10.2. The minimum absolute atomic E-state index is 0.0236. The molecule has 0 saturated heterocycles. The Labute approximate surface area is 97.1 Å². The Bertz CT molecular complexity index is 346. The van der Waals surface area contributed by atoms with Crippen molar-refractivity contribution in [3.8, 4) is 11.5 Å². The van der Waals surface area contributed by atoms with E-state index in [1.54, 1.807) is 6.07 Å². The third kappa shape index (κ3) is 2.89. The van der Waals surface area contributed by atoms with Crippen molar-refractivity contribution in [2.75, 3.05) is 0 Å². The van der Waals surface area contributed by atoms with Crippen LogP contribution in [0.25, 0.3) is 0 Å². The third-order valence-corrected chi connectivity index (χ3v) is 3.36. The molecule has 3 nitrogen and oxygen atoms in total. The SMILES string of the molecule is CCC(C)(CC)NCc1cccc(O)c1O. The van der Waals surface area contributed by atoms with Crippen LogP contribution in [-0.2, 0) is 6.54 Å². The van der Waals surface area contributed by atoms with Gasteiger partial charge in [0.05, 0.1) is 0 Å². The summed E-state index contributed by atoms with van der Waals surface area (Å²) < 4.78 is 0. The van der Waals surface area contributed by atoms with Crippen molar-refractivity contribution in [3.63, 3.8) is 0 Å². The van der Waals surface area contributed by atoms with Crippen LogP contribution >= 0.6 is 0 Å². The predicted octanol–water partition coefficient (Wildman–Crippen LogP) is 2.77. The van der Waals surface area contributed by atoms with Gasteiger partial charge in [0.2, 0.25) is 0 Å². The van der Waals surface area contributed by atoms with Crippen molar-refractivity contribution in [3.05, 3.63) is 23.8 Å². The first-order valence-electron chi connectivity index (χ1n) is 5.77. The molecule has 3 heteroatoms. The van der Waals surface area contributed by atoms with Crippen molar-refractivity contribution in [1.82, 2.24) is 5.32 Å². The number of hydrogen-bond donors (Lipinski definition) is 3. The van der Waals surface area contributed by atoms with Gasteiger partial charge in [-0.1, -0.05) is 26.0 Å². The molecular formula is C13H21NO2. The zero-order chi connectivity index (χ0) is 12.2. The molecule has 0 saturated carbocycles. The molecule has 0 aliphatic rings. The Morgan fingerprint density at radius 1 is 1.19 bits per heavy atom. The van der Waals surface area contributed by atoms with Crippen LogP contribution in [0.4, 0.5) is 0 Å². The number of phenolic OH excluding ortho intramolecular Hbond substituents is 2. The number of benzene rings is 1. The summed E-state index contributed by atoms with van der Waals surface area (Å²) in [4.78, 5) is 0. The molecule has 0 spiro atoms. The summed E-state index contributed by atoms with van der Waals surface area (Å²) in [6, 6.07) is 5.03. The molecule has 90 valence electrons. The van der Waals surface area contributed by atoms with E-state index >= 15 is 0 Å². The van der Waals surface area contributed by atoms with Gasteiger partial charge in [0.25, 0.3) is 0 Å². The van der Waals surface area contributed by atoms with E-state index in [0.29, 0.717) is 6.54 Å². The van der Waals surface area contributed by atoms with E-state index in [9.17, 15) is 10.2 Å². The fraction of sp³-hybridized carbons (Fsp3) is 0.538. The number of rotatable bonds is 5. The lowest BCUT2D eigenvalue weighted by molar-refractivity contribution is 0.324. The molecule has 0 amide bonds. The largest absolute Gasteiger partial charge is 0.504 e. The van der Waals surface area contributed by atoms with E-state index < -0.39 is 0 Å². The lowest BCUT2D eigenvalue weighted by Crippen LogP contribution is -2.40. The molecule has 3 N–H and O–H groups in total. The van der Waals surface area contributed by atoms with Gasteiger partial charge in [-0.05, 0) is 25.8 Å². The van der Waals surface area contributed by atoms with Gasteiger partial charge in [-0.2, -0.15) is 0 Å². The minimum Gasteiger partial charge on any atom is -0.504 e. The molecule has 0 aliphatic carbocycles. The third-order valence-electron chi connectivity index (χ3n) is 3.36. The molecule has 0 aliphatic heterocycles. The Kier molecular flexibility index (Phi) is 4.19. The Morgan fingerprint density at radius 2 is 1.81 bits per heavy atom. The predicted molar refractivity (Wildman–Crippen MR) is 65.6 cm³/mol. The Hall–Kier alpha value is -1.22. The van der Waals surface area contributed by atoms with Crippen LogP contribution in [0.2, 0.25) is 0 Å². The quantitative estimate of drug-likeness (QED) is 0.673. The fourth-order valence-corrected chi connectivity index (χ4v) is 1.53. The number of aromatic hydroxyl groups is 2. The van der Waals surface area contributed by atoms with E-state index in [0.717, 1.165) is 18.4 Å². The van der Waals surface area contributed by atoms with Crippen LogP contribution in [0, 0.1) is 0 Å². The summed E-state index contributed by atoms with van der Waals surface area (Å²) >= 11 is 0. The van der Waals surface area contributed by atoms with Crippen LogP contribution < -0.4 is 5.32 Å². The van der Waals surface area contributed by atoms with Crippen molar-refractivity contribution >= 4 is 0 Å². The molecule has 0 bridgehead atoms. The summed E-state index contributed by atoms with van der Waals surface area (Å²) in [5.74, 6) is -0.0847. The van der Waals surface area contributed by atoms with Gasteiger partial charge in [-0.15, -0.1) is 0 Å². The monoisotopic (exact) mass is 223 g/mol. The highest BCUT2D eigenvalue weighted by atomic mass is 16.3. The second-order valence-corrected chi connectivity index (χ2v) is 4.41. The molecular weight excluding hydrogens is 202 g/mol. The average molecular weight is 223 g/mol. The molecule has 0 radical (unpaired) electrons. The van der Waals surface area contributed by atoms with Crippen molar-refractivity contribution in [2.45, 2.75) is 45.7 Å². The second-order valence-electron chi connectivity index (χ2n) is 4.41. The highest BCUT2D eigenvalue weighted by molar-refractivity contribution is 5.44. The second kappa shape index (κ2) is 5.21. The number of para-hydroxylation sites is 1. The molecule has 0 heterocycles. The number of nitrogens with one attached hydrogen (secondary N) is 1. The van der Waals surface area contributed by atoms with Crippen LogP contribution in [0.5, 0.6) is 11.5 Å². The summed E-state index contributed by atoms with van der Waals surface area (Å²) in [5, 5.41) is 22.4. The first-order chi connectivity index (χ1) is 7.52. The molecule has 1 aromatic rings. The normalized spacial score (nSPS) is 11.7. The minimum atomic E-state index is -0.0611. The van der Waals surface area contributed by atoms with E-state index in [1.807, 2.05) is 6.07 Å². The molecule has 0 atom stereocenters. The van der Waals surface area contributed by atoms with E-state index in [2.05, 4.69) is 26.1 Å². The standard InChI is InChI=1S/C13H21NO2/c1-4-13(3,5-2)14-9-10-7-6-8-11(15)12(10)16/h6-8,14-16H,4-5,9H2,1-3H3. The van der Waals surface area contributed by atoms with Gasteiger partial charge >= 0.3 is 0 Å². The topological polar surface area (TPSA) is 52.5 Å². The van der Waals surface area contributed by atoms with Crippen LogP contribution in [0.3, 0.4) is 0 Å². The van der Waals surface area contributed by atoms with Gasteiger partial charge in [0.1, 0.15) is 0 Å².